The molecule has 6 rings (SSSR count). The summed E-state index contributed by atoms with van der Waals surface area (Å²) in [7, 11) is 1.91. The molecule has 0 unspecified atom stereocenters. The maximum absolute atomic E-state index is 12.7. The number of aromatic hydroxyl groups is 1. The minimum atomic E-state index is -4.43. The number of urea groups is 1. The van der Waals surface area contributed by atoms with Crippen LogP contribution >= 0.6 is 11.3 Å². The third-order valence-corrected chi connectivity index (χ3v) is 8.50. The molecule has 2 amide bonds. The van der Waals surface area contributed by atoms with Gasteiger partial charge in [-0.05, 0) is 78.2 Å². The number of H-pyrrole nitrogens is 1. The third-order valence-electron chi connectivity index (χ3n) is 7.63. The fourth-order valence-electron chi connectivity index (χ4n) is 5.02. The van der Waals surface area contributed by atoms with Crippen LogP contribution in [0.3, 0.4) is 0 Å². The number of benzene rings is 4. The van der Waals surface area contributed by atoms with Crippen LogP contribution in [-0.2, 0) is 32.7 Å². The summed E-state index contributed by atoms with van der Waals surface area (Å²) in [6, 6.07) is 24.2. The maximum Gasteiger partial charge on any atom is 0.416 e. The third kappa shape index (κ3) is 8.40. The molecule has 14 heteroatoms. The van der Waals surface area contributed by atoms with Gasteiger partial charge >= 0.3 is 17.1 Å². The van der Waals surface area contributed by atoms with Crippen molar-refractivity contribution in [2.45, 2.75) is 25.6 Å². The molecule has 0 spiro atoms. The summed E-state index contributed by atoms with van der Waals surface area (Å²) in [5, 5.41) is 15.0. The van der Waals surface area contributed by atoms with Crippen LogP contribution in [0.25, 0.3) is 11.0 Å². The summed E-state index contributed by atoms with van der Waals surface area (Å²) < 4.78 is 52.1. The largest absolute Gasteiger partial charge is 0.494 e. The van der Waals surface area contributed by atoms with Crippen molar-refractivity contribution in [3.63, 3.8) is 0 Å². The molecule has 4 N–H and O–H groups in total. The molecule has 0 aliphatic carbocycles. The molecule has 10 nitrogen and oxygen atoms in total. The molecule has 0 saturated carbocycles. The molecule has 0 atom stereocenters. The number of nitrogens with one attached hydrogen (secondary N) is 3. The molecular weight excluding hydrogens is 659 g/mol. The number of carbonyl (C=O) groups excluding carboxylic acids is 1. The molecule has 2 heterocycles. The number of nitrogens with zero attached hydrogens (tertiary/aromatic N) is 2. The van der Waals surface area contributed by atoms with Gasteiger partial charge < -0.3 is 29.8 Å². The maximum atomic E-state index is 12.7. The lowest BCUT2D eigenvalue weighted by molar-refractivity contribution is -0.137. The highest BCUT2D eigenvalue weighted by Crippen LogP contribution is 2.30. The molecule has 2 aromatic heterocycles. The number of alkyl halides is 3. The number of amides is 2. The minimum Gasteiger partial charge on any atom is -0.494 e. The van der Waals surface area contributed by atoms with E-state index in [0.29, 0.717) is 41.5 Å². The molecule has 0 saturated heterocycles. The second-order valence-corrected chi connectivity index (χ2v) is 12.2. The normalized spacial score (nSPS) is 11.4. The van der Waals surface area contributed by atoms with E-state index in [1.165, 1.54) is 12.1 Å². The molecular formula is C35H30F3N5O5S. The number of carbonyl (C=O) groups is 1. The summed E-state index contributed by atoms with van der Waals surface area (Å²) >= 11 is 0.984. The number of aryl methyl sites for hydroxylation is 1. The van der Waals surface area contributed by atoms with Crippen molar-refractivity contribution in [2.24, 2.45) is 7.05 Å². The first-order chi connectivity index (χ1) is 23.5. The molecule has 0 radical (unpaired) electrons. The van der Waals surface area contributed by atoms with Gasteiger partial charge in [-0.2, -0.15) is 13.2 Å². The second kappa shape index (κ2) is 14.2. The Balaban J connectivity index is 0.982. The van der Waals surface area contributed by atoms with E-state index < -0.39 is 17.8 Å². The van der Waals surface area contributed by atoms with E-state index in [4.69, 9.17) is 14.5 Å². The lowest BCUT2D eigenvalue weighted by Gasteiger charge is -2.10. The van der Waals surface area contributed by atoms with E-state index in [1.807, 2.05) is 78.3 Å². The highest BCUT2D eigenvalue weighted by Gasteiger charge is 2.30. The lowest BCUT2D eigenvalue weighted by atomic mass is 10.1. The zero-order chi connectivity index (χ0) is 34.5. The van der Waals surface area contributed by atoms with Crippen LogP contribution < -0.4 is 25.0 Å². The fourth-order valence-corrected chi connectivity index (χ4v) is 5.78. The number of hydrogen-bond acceptors (Lipinski definition) is 7. The van der Waals surface area contributed by atoms with E-state index in [-0.39, 0.29) is 23.0 Å². The van der Waals surface area contributed by atoms with Crippen LogP contribution in [0.1, 0.15) is 27.4 Å². The summed E-state index contributed by atoms with van der Waals surface area (Å²) in [5.74, 6) is 2.55. The van der Waals surface area contributed by atoms with Crippen LogP contribution in [0.15, 0.2) is 95.8 Å². The van der Waals surface area contributed by atoms with Crippen molar-refractivity contribution in [3.8, 4) is 23.1 Å². The van der Waals surface area contributed by atoms with Gasteiger partial charge in [0.05, 0.1) is 21.5 Å². The highest BCUT2D eigenvalue weighted by atomic mass is 32.1. The molecule has 4 aromatic carbocycles. The Morgan fingerprint density at radius 3 is 2.29 bits per heavy atom. The average Bonchev–Trinajstić information content (AvgIpc) is 3.56. The van der Waals surface area contributed by atoms with E-state index in [1.54, 1.807) is 0 Å². The molecule has 6 aromatic rings. The van der Waals surface area contributed by atoms with Crippen LogP contribution in [0.4, 0.5) is 23.7 Å². The number of fused-ring (bicyclic) bond motifs is 1. The van der Waals surface area contributed by atoms with Crippen LogP contribution in [0.5, 0.6) is 23.1 Å². The van der Waals surface area contributed by atoms with Gasteiger partial charge in [-0.1, -0.05) is 35.6 Å². The van der Waals surface area contributed by atoms with Gasteiger partial charge in [0.2, 0.25) is 5.88 Å². The Bertz CT molecular complexity index is 2120. The van der Waals surface area contributed by atoms with Crippen molar-refractivity contribution in [1.29, 1.82) is 0 Å². The molecule has 0 fully saturated rings. The second-order valence-electron chi connectivity index (χ2n) is 11.1. The highest BCUT2D eigenvalue weighted by molar-refractivity contribution is 7.09. The predicted molar refractivity (Wildman–Crippen MR) is 180 cm³/mol. The fraction of sp³-hybridized carbons (Fsp3) is 0.171. The first kappa shape index (κ1) is 33.2. The monoisotopic (exact) mass is 689 g/mol. The first-order valence-electron chi connectivity index (χ1n) is 15.1. The first-order valence-corrected chi connectivity index (χ1v) is 15.9. The number of hydrogen-bond donors (Lipinski definition) is 4. The standard InChI is InChI=1S/C35H30F3N5O5S/c1-43-29-19-27(14-15-28(29)41-31(43)20-47-25-10-4-22(5-11-25)18-30-32(44)42-34(46)49-30)48-26-12-2-21(3-13-26)16-17-39-33(45)40-24-8-6-23(7-9-24)35(36,37)38/h2-15,19,44H,16-18,20H2,1H3,(H,42,46)(H2,39,40,45). The number of anilines is 1. The van der Waals surface area contributed by atoms with Gasteiger partial charge in [0, 0.05) is 31.8 Å². The molecule has 0 aliphatic rings. The van der Waals surface area contributed by atoms with E-state index >= 15 is 0 Å². The number of aromatic nitrogens is 3. The van der Waals surface area contributed by atoms with Crippen molar-refractivity contribution < 1.29 is 32.5 Å². The average molecular weight is 690 g/mol. The number of thiazole rings is 1. The summed E-state index contributed by atoms with van der Waals surface area (Å²) in [6.45, 7) is 0.569. The van der Waals surface area contributed by atoms with Gasteiger partial charge in [0.1, 0.15) is 29.7 Å². The number of imidazole rings is 1. The Morgan fingerprint density at radius 1 is 0.939 bits per heavy atom. The van der Waals surface area contributed by atoms with Crippen LogP contribution in [-0.4, -0.2) is 32.2 Å². The number of aromatic amines is 1. The Hall–Kier alpha value is -5.76. The summed E-state index contributed by atoms with van der Waals surface area (Å²) in [6.07, 6.45) is -3.46. The quantitative estimate of drug-likeness (QED) is 0.112. The molecule has 0 bridgehead atoms. The van der Waals surface area contributed by atoms with Crippen molar-refractivity contribution >= 4 is 34.1 Å². The zero-order valence-electron chi connectivity index (χ0n) is 26.0. The Labute approximate surface area is 281 Å². The molecule has 0 aliphatic heterocycles. The van der Waals surface area contributed by atoms with Gasteiger partial charge in [0.25, 0.3) is 0 Å². The number of halogens is 3. The lowest BCUT2D eigenvalue weighted by Crippen LogP contribution is -2.30. The van der Waals surface area contributed by atoms with Crippen LogP contribution in [0, 0.1) is 0 Å². The van der Waals surface area contributed by atoms with E-state index in [2.05, 4.69) is 15.6 Å². The van der Waals surface area contributed by atoms with Gasteiger partial charge in [-0.15, -0.1) is 0 Å². The van der Waals surface area contributed by atoms with Crippen molar-refractivity contribution in [3.05, 3.63) is 128 Å². The summed E-state index contributed by atoms with van der Waals surface area (Å²) in [5.41, 5.74) is 3.03. The van der Waals surface area contributed by atoms with Crippen molar-refractivity contribution in [2.75, 3.05) is 11.9 Å². The minimum absolute atomic E-state index is 0.0985. The van der Waals surface area contributed by atoms with E-state index in [9.17, 15) is 27.9 Å². The summed E-state index contributed by atoms with van der Waals surface area (Å²) in [4.78, 5) is 30.9. The Morgan fingerprint density at radius 2 is 1.61 bits per heavy atom. The number of ether oxygens (including phenoxy) is 2. The number of rotatable bonds is 11. The van der Waals surface area contributed by atoms with Crippen molar-refractivity contribution in [1.82, 2.24) is 19.9 Å². The van der Waals surface area contributed by atoms with E-state index in [0.717, 1.165) is 51.5 Å². The Kier molecular flexibility index (Phi) is 9.58. The topological polar surface area (TPSA) is 130 Å². The zero-order valence-corrected chi connectivity index (χ0v) is 26.8. The van der Waals surface area contributed by atoms with Gasteiger partial charge in [-0.3, -0.25) is 9.78 Å². The smallest absolute Gasteiger partial charge is 0.416 e. The predicted octanol–water partition coefficient (Wildman–Crippen LogP) is 7.37. The van der Waals surface area contributed by atoms with Crippen LogP contribution in [0.2, 0.25) is 0 Å². The molecule has 252 valence electrons. The SMILES string of the molecule is Cn1c(COc2ccc(Cc3sc(=O)[nH]c3O)cc2)nc2ccc(Oc3ccc(CCNC(=O)Nc4ccc(C(F)(F)F)cc4)cc3)cc21. The molecule has 49 heavy (non-hydrogen) atoms. The van der Waals surface area contributed by atoms with Gasteiger partial charge in [0.15, 0.2) is 0 Å². The van der Waals surface area contributed by atoms with Gasteiger partial charge in [-0.25, -0.2) is 9.78 Å².